The van der Waals surface area contributed by atoms with E-state index in [9.17, 15) is 52.7 Å². The summed E-state index contributed by atoms with van der Waals surface area (Å²) >= 11 is 0. The molecule has 0 bridgehead atoms. The Morgan fingerprint density at radius 1 is 0.514 bits per heavy atom. The summed E-state index contributed by atoms with van der Waals surface area (Å²) in [6.07, 6.45) is -16.4. The van der Waals surface area contributed by atoms with Crippen molar-refractivity contribution in [1.29, 1.82) is 0 Å². The van der Waals surface area contributed by atoms with E-state index in [0.717, 1.165) is 0 Å². The zero-order valence-corrected chi connectivity index (χ0v) is 17.5. The maximum atomic E-state index is 14.5. The number of alkyl halides is 9. The molecule has 4 nitrogen and oxygen atoms in total. The second-order valence-corrected chi connectivity index (χ2v) is 7.16. The van der Waals surface area contributed by atoms with Gasteiger partial charge in [-0.25, -0.2) is 13.2 Å². The van der Waals surface area contributed by atoms with E-state index in [1.165, 1.54) is 0 Å². The number of benzene rings is 3. The number of ether oxygens (including phenoxy) is 2. The Labute approximate surface area is 198 Å². The molecular weight excluding hydrogens is 540 g/mol. The molecule has 16 heteroatoms. The molecule has 0 aliphatic rings. The van der Waals surface area contributed by atoms with Crippen LogP contribution in [0.1, 0.15) is 16.7 Å². The van der Waals surface area contributed by atoms with Gasteiger partial charge < -0.3 is 20.9 Å². The van der Waals surface area contributed by atoms with Crippen molar-refractivity contribution in [3.8, 4) is 23.0 Å². The lowest BCUT2D eigenvalue weighted by molar-refractivity contribution is -0.140. The zero-order chi connectivity index (χ0) is 28.1. The average molecular weight is 550 g/mol. The van der Waals surface area contributed by atoms with E-state index < -0.39 is 93.1 Å². The van der Waals surface area contributed by atoms with Gasteiger partial charge in [0.15, 0.2) is 34.7 Å². The maximum Gasteiger partial charge on any atom is 0.422 e. The van der Waals surface area contributed by atoms with Crippen molar-refractivity contribution >= 4 is 11.4 Å². The van der Waals surface area contributed by atoms with Crippen molar-refractivity contribution in [1.82, 2.24) is 0 Å². The maximum absolute atomic E-state index is 14.5. The standard InChI is InChI=1S/C21H10F12N2O2/c22-8-1-3-11(34)15(20(28,29)30)17(8)36-13-6-14(10(24)5-7(13)19(25,26)27)37-18-9(23)2-4-12(35)16(18)21(31,32)33/h1-6H,34-35H2. The van der Waals surface area contributed by atoms with E-state index in [-0.39, 0.29) is 6.07 Å². The normalized spacial score (nSPS) is 12.5. The van der Waals surface area contributed by atoms with Crippen molar-refractivity contribution in [3.63, 3.8) is 0 Å². The fourth-order valence-electron chi connectivity index (χ4n) is 3.07. The SMILES string of the molecule is Nc1ccc(F)c(Oc2cc(Oc3c(F)ccc(N)c3C(F)(F)F)c(C(F)(F)F)cc2F)c1C(F)(F)F. The Kier molecular flexibility index (Phi) is 6.83. The number of nitrogens with two attached hydrogens (primary N) is 2. The van der Waals surface area contributed by atoms with Gasteiger partial charge in [0.2, 0.25) is 0 Å². The first-order valence-corrected chi connectivity index (χ1v) is 9.39. The lowest BCUT2D eigenvalue weighted by atomic mass is 10.1. The molecule has 0 saturated carbocycles. The molecule has 3 aromatic carbocycles. The van der Waals surface area contributed by atoms with Crippen LogP contribution in [0.4, 0.5) is 64.1 Å². The Balaban J connectivity index is 2.25. The summed E-state index contributed by atoms with van der Waals surface area (Å²) in [5.41, 5.74) is 1.96. The van der Waals surface area contributed by atoms with Crippen LogP contribution in [0.25, 0.3) is 0 Å². The second-order valence-electron chi connectivity index (χ2n) is 7.16. The molecule has 0 atom stereocenters. The number of hydrogen-bond donors (Lipinski definition) is 2. The van der Waals surface area contributed by atoms with Crippen molar-refractivity contribution in [3.05, 3.63) is 70.5 Å². The molecule has 0 saturated heterocycles. The van der Waals surface area contributed by atoms with Gasteiger partial charge >= 0.3 is 18.5 Å². The second kappa shape index (κ2) is 9.15. The van der Waals surface area contributed by atoms with Crippen LogP contribution in [0.5, 0.6) is 23.0 Å². The summed E-state index contributed by atoms with van der Waals surface area (Å²) in [6, 6.07) is 1.06. The van der Waals surface area contributed by atoms with Crippen LogP contribution in [-0.4, -0.2) is 0 Å². The molecule has 0 radical (unpaired) electrons. The van der Waals surface area contributed by atoms with Gasteiger partial charge in [0.25, 0.3) is 0 Å². The molecule has 0 heterocycles. The first kappa shape index (κ1) is 27.6. The van der Waals surface area contributed by atoms with Crippen LogP contribution < -0.4 is 20.9 Å². The van der Waals surface area contributed by atoms with Gasteiger partial charge in [0.05, 0.1) is 0 Å². The van der Waals surface area contributed by atoms with Gasteiger partial charge in [-0.1, -0.05) is 0 Å². The first-order valence-electron chi connectivity index (χ1n) is 9.39. The minimum atomic E-state index is -5.54. The predicted octanol–water partition coefficient (Wildman–Crippen LogP) is 7.91. The Morgan fingerprint density at radius 3 is 1.30 bits per heavy atom. The molecule has 0 fully saturated rings. The number of nitrogen functional groups attached to an aromatic ring is 2. The zero-order valence-electron chi connectivity index (χ0n) is 17.5. The highest BCUT2D eigenvalue weighted by atomic mass is 19.4. The van der Waals surface area contributed by atoms with E-state index in [1.54, 1.807) is 0 Å². The summed E-state index contributed by atoms with van der Waals surface area (Å²) in [4.78, 5) is 0. The summed E-state index contributed by atoms with van der Waals surface area (Å²) < 4.78 is 173. The third-order valence-electron chi connectivity index (χ3n) is 4.61. The molecule has 0 aliphatic carbocycles. The van der Waals surface area contributed by atoms with Crippen LogP contribution in [0.3, 0.4) is 0 Å². The first-order chi connectivity index (χ1) is 16.8. The van der Waals surface area contributed by atoms with Crippen molar-refractivity contribution in [2.45, 2.75) is 18.5 Å². The molecule has 0 unspecified atom stereocenters. The lowest BCUT2D eigenvalue weighted by Crippen LogP contribution is -2.14. The highest BCUT2D eigenvalue weighted by Crippen LogP contribution is 2.48. The predicted molar refractivity (Wildman–Crippen MR) is 103 cm³/mol. The summed E-state index contributed by atoms with van der Waals surface area (Å²) in [6.45, 7) is 0. The summed E-state index contributed by atoms with van der Waals surface area (Å²) in [5, 5.41) is 0. The molecular formula is C21H10F12N2O2. The summed E-state index contributed by atoms with van der Waals surface area (Å²) in [7, 11) is 0. The van der Waals surface area contributed by atoms with Gasteiger partial charge in [0, 0.05) is 17.4 Å². The highest BCUT2D eigenvalue weighted by Gasteiger charge is 2.42. The third-order valence-corrected chi connectivity index (χ3v) is 4.61. The van der Waals surface area contributed by atoms with E-state index >= 15 is 0 Å². The topological polar surface area (TPSA) is 70.5 Å². The summed E-state index contributed by atoms with van der Waals surface area (Å²) in [5.74, 6) is -12.6. The molecule has 0 aliphatic heterocycles. The molecule has 4 N–H and O–H groups in total. The fourth-order valence-corrected chi connectivity index (χ4v) is 3.07. The van der Waals surface area contributed by atoms with Crippen LogP contribution in [0.2, 0.25) is 0 Å². The van der Waals surface area contributed by atoms with Crippen molar-refractivity contribution < 1.29 is 62.2 Å². The van der Waals surface area contributed by atoms with E-state index in [4.69, 9.17) is 11.5 Å². The quantitative estimate of drug-likeness (QED) is 0.256. The Hall–Kier alpha value is -3.98. The third kappa shape index (κ3) is 5.56. The number of halogens is 12. The van der Waals surface area contributed by atoms with Gasteiger partial charge in [0.1, 0.15) is 22.4 Å². The number of rotatable bonds is 4. The van der Waals surface area contributed by atoms with Crippen molar-refractivity contribution in [2.24, 2.45) is 0 Å². The number of anilines is 2. The van der Waals surface area contributed by atoms with Crippen LogP contribution in [0.15, 0.2) is 36.4 Å². The van der Waals surface area contributed by atoms with E-state index in [2.05, 4.69) is 9.47 Å². The monoisotopic (exact) mass is 550 g/mol. The highest BCUT2D eigenvalue weighted by molar-refractivity contribution is 5.60. The average Bonchev–Trinajstić information content (AvgIpc) is 2.72. The molecule has 200 valence electrons. The van der Waals surface area contributed by atoms with Crippen LogP contribution in [0, 0.1) is 17.5 Å². The number of hydrogen-bond acceptors (Lipinski definition) is 4. The molecule has 37 heavy (non-hydrogen) atoms. The van der Waals surface area contributed by atoms with Crippen molar-refractivity contribution in [2.75, 3.05) is 11.5 Å². The van der Waals surface area contributed by atoms with Gasteiger partial charge in [-0.15, -0.1) is 0 Å². The molecule has 0 aromatic heterocycles. The van der Waals surface area contributed by atoms with Crippen LogP contribution in [-0.2, 0) is 18.5 Å². The minimum Gasteiger partial charge on any atom is -0.453 e. The Morgan fingerprint density at radius 2 is 0.919 bits per heavy atom. The van der Waals surface area contributed by atoms with E-state index in [0.29, 0.717) is 24.3 Å². The Bertz CT molecular complexity index is 1350. The minimum absolute atomic E-state index is 0.135. The van der Waals surface area contributed by atoms with E-state index in [1.807, 2.05) is 0 Å². The molecule has 0 amide bonds. The van der Waals surface area contributed by atoms with Crippen LogP contribution >= 0.6 is 0 Å². The van der Waals surface area contributed by atoms with Gasteiger partial charge in [-0.3, -0.25) is 0 Å². The lowest BCUT2D eigenvalue weighted by Gasteiger charge is -2.21. The molecule has 3 aromatic rings. The van der Waals surface area contributed by atoms with Gasteiger partial charge in [-0.05, 0) is 30.3 Å². The van der Waals surface area contributed by atoms with Gasteiger partial charge in [-0.2, -0.15) is 39.5 Å². The largest absolute Gasteiger partial charge is 0.453 e. The molecule has 3 rings (SSSR count). The smallest absolute Gasteiger partial charge is 0.422 e. The molecule has 0 spiro atoms. The fraction of sp³-hybridized carbons (Fsp3) is 0.143.